The summed E-state index contributed by atoms with van der Waals surface area (Å²) >= 11 is 1.15. The Morgan fingerprint density at radius 3 is 2.71 bits per heavy atom. The van der Waals surface area contributed by atoms with E-state index in [-0.39, 0.29) is 56.9 Å². The normalized spacial score (nSPS) is 12.9. The summed E-state index contributed by atoms with van der Waals surface area (Å²) < 4.78 is 1.76. The van der Waals surface area contributed by atoms with Crippen LogP contribution in [0.4, 0.5) is 0 Å². The average Bonchev–Trinajstić information content (AvgIpc) is 2.66. The van der Waals surface area contributed by atoms with Crippen LogP contribution in [0.3, 0.4) is 0 Å². The molecule has 1 heterocycles. The van der Waals surface area contributed by atoms with Gasteiger partial charge in [-0.2, -0.15) is 5.10 Å². The Labute approximate surface area is 148 Å². The zero-order chi connectivity index (χ0) is 12.3. The van der Waals surface area contributed by atoms with Gasteiger partial charge >= 0.3 is 51.4 Å². The van der Waals surface area contributed by atoms with Gasteiger partial charge in [-0.3, -0.25) is 0 Å². The quantitative estimate of drug-likeness (QED) is 0.447. The predicted molar refractivity (Wildman–Crippen MR) is 60.0 cm³/mol. The Hall–Kier alpha value is 0.596. The molecule has 0 aliphatic rings. The minimum atomic E-state index is -1.09. The second-order valence-corrected chi connectivity index (χ2v) is 5.51. The van der Waals surface area contributed by atoms with Gasteiger partial charge in [-0.25, -0.2) is 9.67 Å². The summed E-state index contributed by atoms with van der Waals surface area (Å²) in [5.41, 5.74) is -0.162. The van der Waals surface area contributed by atoms with Crippen molar-refractivity contribution in [2.75, 3.05) is 0 Å². The number of aromatic nitrogens is 3. The van der Waals surface area contributed by atoms with E-state index in [4.69, 9.17) is 0 Å². The van der Waals surface area contributed by atoms with Crippen LogP contribution >= 0.6 is 11.8 Å². The molecule has 7 heteroatoms. The van der Waals surface area contributed by atoms with Gasteiger partial charge in [0.1, 0.15) is 6.33 Å². The molecule has 5 nitrogen and oxygen atoms in total. The SMILES string of the molecule is CCC(C)(C)n1ncnc1SC(C)C(=O)[O-].[K+]. The van der Waals surface area contributed by atoms with Gasteiger partial charge in [-0.1, -0.05) is 18.7 Å². The second kappa shape index (κ2) is 7.25. The maximum atomic E-state index is 10.7. The van der Waals surface area contributed by atoms with Crippen LogP contribution in [-0.2, 0) is 10.3 Å². The molecule has 0 N–H and O–H groups in total. The molecule has 0 bridgehead atoms. The first-order valence-corrected chi connectivity index (χ1v) is 6.04. The van der Waals surface area contributed by atoms with Crippen LogP contribution in [0, 0.1) is 0 Å². The van der Waals surface area contributed by atoms with Crippen molar-refractivity contribution in [1.82, 2.24) is 14.8 Å². The monoisotopic (exact) mass is 281 g/mol. The minimum Gasteiger partial charge on any atom is -0.549 e. The maximum absolute atomic E-state index is 10.7. The molecule has 1 atom stereocenters. The first-order valence-electron chi connectivity index (χ1n) is 5.16. The second-order valence-electron chi connectivity index (χ2n) is 4.20. The van der Waals surface area contributed by atoms with Crippen molar-refractivity contribution in [2.24, 2.45) is 0 Å². The molecule has 1 rings (SSSR count). The summed E-state index contributed by atoms with van der Waals surface area (Å²) in [6, 6.07) is 0. The molecule has 0 aromatic carbocycles. The van der Waals surface area contributed by atoms with Crippen LogP contribution < -0.4 is 56.5 Å². The summed E-state index contributed by atoms with van der Waals surface area (Å²) in [6.07, 6.45) is 2.34. The predicted octanol–water partition coefficient (Wildman–Crippen LogP) is -2.34. The van der Waals surface area contributed by atoms with E-state index in [0.29, 0.717) is 5.16 Å². The first kappa shape index (κ1) is 17.6. The zero-order valence-electron chi connectivity index (χ0n) is 10.9. The zero-order valence-corrected chi connectivity index (χ0v) is 14.9. The fraction of sp³-hybridized carbons (Fsp3) is 0.700. The maximum Gasteiger partial charge on any atom is 1.00 e. The van der Waals surface area contributed by atoms with Crippen molar-refractivity contribution in [3.63, 3.8) is 0 Å². The van der Waals surface area contributed by atoms with Gasteiger partial charge in [0.25, 0.3) is 0 Å². The summed E-state index contributed by atoms with van der Waals surface area (Å²) in [5, 5.41) is 14.8. The Morgan fingerprint density at radius 1 is 1.65 bits per heavy atom. The number of hydrogen-bond acceptors (Lipinski definition) is 5. The van der Waals surface area contributed by atoms with Crippen molar-refractivity contribution in [3.8, 4) is 0 Å². The summed E-state index contributed by atoms with van der Waals surface area (Å²) in [5.74, 6) is -1.09. The number of carbonyl (C=O) groups is 1. The largest absolute Gasteiger partial charge is 1.00 e. The van der Waals surface area contributed by atoms with Gasteiger partial charge in [0.05, 0.1) is 11.5 Å². The van der Waals surface area contributed by atoms with E-state index in [1.807, 2.05) is 13.8 Å². The van der Waals surface area contributed by atoms with Gasteiger partial charge in [0.2, 0.25) is 0 Å². The smallest absolute Gasteiger partial charge is 0.549 e. The van der Waals surface area contributed by atoms with Crippen LogP contribution in [0.2, 0.25) is 0 Å². The molecule has 90 valence electrons. The number of nitrogens with zero attached hydrogens (tertiary/aromatic N) is 3. The van der Waals surface area contributed by atoms with Gasteiger partial charge in [0, 0.05) is 5.25 Å². The van der Waals surface area contributed by atoms with E-state index in [1.165, 1.54) is 6.33 Å². The Balaban J connectivity index is 0.00000256. The fourth-order valence-electron chi connectivity index (χ4n) is 1.08. The number of thioether (sulfide) groups is 1. The van der Waals surface area contributed by atoms with Gasteiger partial charge in [0.15, 0.2) is 5.16 Å². The Kier molecular flexibility index (Phi) is 7.50. The number of rotatable bonds is 5. The standard InChI is InChI=1S/C10H17N3O2S.K/c1-5-10(3,4)13-9(11-6-12-13)16-7(2)8(14)15;/h6-7H,5H2,1-4H3,(H,14,15);/q;+1/p-1. The number of carbonyl (C=O) groups excluding carboxylic acids is 1. The molecule has 0 radical (unpaired) electrons. The topological polar surface area (TPSA) is 70.8 Å². The molecule has 0 fully saturated rings. The molecule has 0 aliphatic heterocycles. The van der Waals surface area contributed by atoms with Crippen LogP contribution in [0.5, 0.6) is 0 Å². The third-order valence-corrected chi connectivity index (χ3v) is 3.60. The van der Waals surface area contributed by atoms with E-state index in [9.17, 15) is 9.90 Å². The fourth-order valence-corrected chi connectivity index (χ4v) is 2.00. The molecule has 0 aliphatic carbocycles. The van der Waals surface area contributed by atoms with E-state index in [0.717, 1.165) is 18.2 Å². The molecule has 17 heavy (non-hydrogen) atoms. The van der Waals surface area contributed by atoms with E-state index >= 15 is 0 Å². The Bertz CT molecular complexity index is 381. The summed E-state index contributed by atoms with van der Waals surface area (Å²) in [4.78, 5) is 14.7. The molecule has 0 saturated carbocycles. The number of carboxylic acid groups (broad SMARTS) is 1. The number of aliphatic carboxylic acids is 1. The first-order chi connectivity index (χ1) is 7.38. The van der Waals surface area contributed by atoms with Crippen molar-refractivity contribution in [2.45, 2.75) is 50.1 Å². The third kappa shape index (κ3) is 4.64. The van der Waals surface area contributed by atoms with Crippen LogP contribution in [-0.4, -0.2) is 26.0 Å². The van der Waals surface area contributed by atoms with Crippen LogP contribution in [0.1, 0.15) is 34.1 Å². The minimum absolute atomic E-state index is 0. The van der Waals surface area contributed by atoms with E-state index in [1.54, 1.807) is 11.6 Å². The van der Waals surface area contributed by atoms with Crippen LogP contribution in [0.15, 0.2) is 11.5 Å². The molecule has 0 spiro atoms. The van der Waals surface area contributed by atoms with Crippen molar-refractivity contribution in [3.05, 3.63) is 6.33 Å². The van der Waals surface area contributed by atoms with E-state index < -0.39 is 11.2 Å². The summed E-state index contributed by atoms with van der Waals surface area (Å²) in [7, 11) is 0. The molecule has 0 saturated heterocycles. The molecule has 1 aromatic rings. The molecule has 1 aromatic heterocycles. The Morgan fingerprint density at radius 2 is 2.24 bits per heavy atom. The molecular formula is C10H16KN3O2S. The molecule has 0 amide bonds. The van der Waals surface area contributed by atoms with Gasteiger partial charge in [-0.05, 0) is 27.2 Å². The molecule has 1 unspecified atom stereocenters. The third-order valence-electron chi connectivity index (χ3n) is 2.57. The van der Waals surface area contributed by atoms with Crippen molar-refractivity contribution < 1.29 is 61.3 Å². The van der Waals surface area contributed by atoms with Crippen molar-refractivity contribution >= 4 is 17.7 Å². The van der Waals surface area contributed by atoms with E-state index in [2.05, 4.69) is 17.0 Å². The average molecular weight is 281 g/mol. The number of carboxylic acids is 1. The van der Waals surface area contributed by atoms with Gasteiger partial charge in [-0.15, -0.1) is 0 Å². The van der Waals surface area contributed by atoms with Gasteiger partial charge < -0.3 is 9.90 Å². The summed E-state index contributed by atoms with van der Waals surface area (Å²) in [6.45, 7) is 7.71. The van der Waals surface area contributed by atoms with Crippen LogP contribution in [0.25, 0.3) is 0 Å². The molecular weight excluding hydrogens is 265 g/mol. The number of hydrogen-bond donors (Lipinski definition) is 0. The van der Waals surface area contributed by atoms with Crippen molar-refractivity contribution in [1.29, 1.82) is 0 Å².